The third-order valence-corrected chi connectivity index (χ3v) is 5.83. The summed E-state index contributed by atoms with van der Waals surface area (Å²) in [4.78, 5) is 40.9. The van der Waals surface area contributed by atoms with Crippen LogP contribution in [0.2, 0.25) is 5.02 Å². The van der Waals surface area contributed by atoms with Crippen molar-refractivity contribution in [2.45, 2.75) is 12.5 Å². The quantitative estimate of drug-likeness (QED) is 0.757. The van der Waals surface area contributed by atoms with Crippen LogP contribution < -0.4 is 10.7 Å². The van der Waals surface area contributed by atoms with Gasteiger partial charge in [-0.3, -0.25) is 19.4 Å². The lowest BCUT2D eigenvalue weighted by Gasteiger charge is -2.34. The van der Waals surface area contributed by atoms with Crippen molar-refractivity contribution in [3.8, 4) is 0 Å². The van der Waals surface area contributed by atoms with Crippen molar-refractivity contribution < 1.29 is 18.8 Å². The Labute approximate surface area is 189 Å². The molecule has 0 radical (unpaired) electrons. The van der Waals surface area contributed by atoms with Gasteiger partial charge >= 0.3 is 0 Å². The van der Waals surface area contributed by atoms with Gasteiger partial charge in [-0.05, 0) is 30.3 Å². The van der Waals surface area contributed by atoms with Crippen molar-refractivity contribution >= 4 is 40.7 Å². The highest BCUT2D eigenvalue weighted by molar-refractivity contribution is 6.40. The Morgan fingerprint density at radius 1 is 0.969 bits per heavy atom. The van der Waals surface area contributed by atoms with Crippen LogP contribution in [0.4, 0.5) is 10.1 Å². The molecule has 0 aliphatic carbocycles. The first-order valence-corrected chi connectivity index (χ1v) is 10.5. The van der Waals surface area contributed by atoms with Gasteiger partial charge in [0, 0.05) is 32.6 Å². The van der Waals surface area contributed by atoms with Gasteiger partial charge in [-0.2, -0.15) is 5.10 Å². The lowest BCUT2D eigenvalue weighted by atomic mass is 10.1. The minimum Gasteiger partial charge on any atom is -0.368 e. The SMILES string of the molecule is NC(=O)C1CC(C(=O)N2CCN(C(=O)c3ccc(F)cc3Cl)CC2)=NN1c1ccccc1. The van der Waals surface area contributed by atoms with E-state index in [1.165, 1.54) is 17.1 Å². The van der Waals surface area contributed by atoms with E-state index in [1.807, 2.05) is 18.2 Å². The van der Waals surface area contributed by atoms with E-state index in [2.05, 4.69) is 5.10 Å². The number of benzene rings is 2. The molecule has 1 saturated heterocycles. The largest absolute Gasteiger partial charge is 0.368 e. The standard InChI is InChI=1S/C22H21ClFN5O3/c23-17-12-14(24)6-7-16(17)21(31)27-8-10-28(11-9-27)22(32)18-13-19(20(25)30)29(26-18)15-4-2-1-3-5-15/h1-7,12,19H,8-11,13H2,(H2,25,30). The molecule has 0 bridgehead atoms. The minimum atomic E-state index is -0.736. The van der Waals surface area contributed by atoms with E-state index in [-0.39, 0.29) is 34.5 Å². The van der Waals surface area contributed by atoms with Crippen molar-refractivity contribution in [2.24, 2.45) is 10.8 Å². The molecule has 2 aromatic rings. The highest BCUT2D eigenvalue weighted by Gasteiger charge is 2.37. The van der Waals surface area contributed by atoms with Crippen LogP contribution in [-0.2, 0) is 9.59 Å². The first-order valence-electron chi connectivity index (χ1n) is 10.1. The molecule has 1 unspecified atom stereocenters. The molecule has 166 valence electrons. The Morgan fingerprint density at radius 3 is 2.19 bits per heavy atom. The van der Waals surface area contributed by atoms with E-state index in [9.17, 15) is 18.8 Å². The molecule has 2 heterocycles. The Hall–Kier alpha value is -3.46. The molecule has 2 aliphatic heterocycles. The monoisotopic (exact) mass is 457 g/mol. The number of rotatable bonds is 4. The minimum absolute atomic E-state index is 0.0484. The maximum absolute atomic E-state index is 13.3. The van der Waals surface area contributed by atoms with E-state index in [1.54, 1.807) is 21.9 Å². The van der Waals surface area contributed by atoms with Crippen LogP contribution >= 0.6 is 11.6 Å². The average molecular weight is 458 g/mol. The number of nitrogens with zero attached hydrogens (tertiary/aromatic N) is 4. The molecule has 0 aromatic heterocycles. The summed E-state index contributed by atoms with van der Waals surface area (Å²) in [6, 6.07) is 11.9. The van der Waals surface area contributed by atoms with E-state index in [0.717, 1.165) is 6.07 Å². The van der Waals surface area contributed by atoms with E-state index in [4.69, 9.17) is 17.3 Å². The molecule has 0 saturated carbocycles. The molecular formula is C22H21ClFN5O3. The summed E-state index contributed by atoms with van der Waals surface area (Å²) in [5.41, 5.74) is 6.68. The first-order chi connectivity index (χ1) is 15.3. The number of anilines is 1. The zero-order chi connectivity index (χ0) is 22.8. The van der Waals surface area contributed by atoms with Gasteiger partial charge in [-0.1, -0.05) is 29.8 Å². The molecule has 8 nitrogen and oxygen atoms in total. The van der Waals surface area contributed by atoms with Crippen LogP contribution in [-0.4, -0.2) is 65.5 Å². The summed E-state index contributed by atoms with van der Waals surface area (Å²) in [5.74, 6) is -1.68. The highest BCUT2D eigenvalue weighted by atomic mass is 35.5. The second kappa shape index (κ2) is 8.96. The van der Waals surface area contributed by atoms with Crippen molar-refractivity contribution in [1.82, 2.24) is 9.80 Å². The summed E-state index contributed by atoms with van der Waals surface area (Å²) in [6.07, 6.45) is 0.118. The second-order valence-electron chi connectivity index (χ2n) is 7.56. The summed E-state index contributed by atoms with van der Waals surface area (Å²) >= 11 is 6.00. The maximum atomic E-state index is 13.3. The van der Waals surface area contributed by atoms with Gasteiger partial charge in [-0.25, -0.2) is 4.39 Å². The Kier molecular flexibility index (Phi) is 6.09. The van der Waals surface area contributed by atoms with Gasteiger partial charge in [0.25, 0.3) is 11.8 Å². The third kappa shape index (κ3) is 4.29. The van der Waals surface area contributed by atoms with Gasteiger partial charge in [0.2, 0.25) is 5.91 Å². The zero-order valence-electron chi connectivity index (χ0n) is 17.1. The molecule has 2 N–H and O–H groups in total. The number of para-hydroxylation sites is 1. The van der Waals surface area contributed by atoms with E-state index < -0.39 is 17.8 Å². The van der Waals surface area contributed by atoms with E-state index in [0.29, 0.717) is 31.9 Å². The van der Waals surface area contributed by atoms with Gasteiger partial charge in [-0.15, -0.1) is 0 Å². The smallest absolute Gasteiger partial charge is 0.270 e. The van der Waals surface area contributed by atoms with Crippen LogP contribution in [0.3, 0.4) is 0 Å². The topological polar surface area (TPSA) is 99.3 Å². The van der Waals surface area contributed by atoms with Gasteiger partial charge in [0.15, 0.2) is 0 Å². The van der Waals surface area contributed by atoms with Crippen LogP contribution in [0.25, 0.3) is 0 Å². The number of amides is 3. The number of nitrogens with two attached hydrogens (primary N) is 1. The number of halogens is 2. The molecule has 32 heavy (non-hydrogen) atoms. The molecule has 1 fully saturated rings. The predicted molar refractivity (Wildman–Crippen MR) is 118 cm³/mol. The van der Waals surface area contributed by atoms with Crippen LogP contribution in [0.15, 0.2) is 53.6 Å². The molecule has 3 amide bonds. The lowest BCUT2D eigenvalue weighted by Crippen LogP contribution is -2.52. The summed E-state index contributed by atoms with van der Waals surface area (Å²) in [6.45, 7) is 1.20. The molecule has 4 rings (SSSR count). The van der Waals surface area contributed by atoms with Crippen molar-refractivity contribution in [3.05, 3.63) is 64.9 Å². The normalized spacial score (nSPS) is 18.5. The fraction of sp³-hybridized carbons (Fsp3) is 0.273. The summed E-state index contributed by atoms with van der Waals surface area (Å²) in [7, 11) is 0. The van der Waals surface area contributed by atoms with Gasteiger partial charge in [0.1, 0.15) is 17.6 Å². The number of carbonyl (C=O) groups excluding carboxylic acids is 3. The summed E-state index contributed by atoms with van der Waals surface area (Å²) < 4.78 is 13.3. The van der Waals surface area contributed by atoms with Gasteiger partial charge < -0.3 is 15.5 Å². The average Bonchev–Trinajstić information content (AvgIpc) is 3.25. The number of primary amides is 1. The Morgan fingerprint density at radius 2 is 1.59 bits per heavy atom. The third-order valence-electron chi connectivity index (χ3n) is 5.52. The summed E-state index contributed by atoms with van der Waals surface area (Å²) in [5, 5.41) is 5.91. The number of carbonyl (C=O) groups is 3. The fourth-order valence-corrected chi connectivity index (χ4v) is 4.06. The maximum Gasteiger partial charge on any atom is 0.270 e. The highest BCUT2D eigenvalue weighted by Crippen LogP contribution is 2.25. The molecule has 10 heteroatoms. The van der Waals surface area contributed by atoms with Crippen LogP contribution in [0, 0.1) is 5.82 Å². The Balaban J connectivity index is 1.43. The lowest BCUT2D eigenvalue weighted by molar-refractivity contribution is -0.125. The molecular weight excluding hydrogens is 437 g/mol. The predicted octanol–water partition coefficient (Wildman–Crippen LogP) is 1.88. The van der Waals surface area contributed by atoms with Gasteiger partial charge in [0.05, 0.1) is 16.3 Å². The first kappa shape index (κ1) is 21.8. The number of hydrogen-bond donors (Lipinski definition) is 1. The number of hydrazone groups is 1. The molecule has 2 aliphatic rings. The van der Waals surface area contributed by atoms with Crippen LogP contribution in [0.5, 0.6) is 0 Å². The van der Waals surface area contributed by atoms with Crippen molar-refractivity contribution in [1.29, 1.82) is 0 Å². The van der Waals surface area contributed by atoms with Crippen molar-refractivity contribution in [3.63, 3.8) is 0 Å². The van der Waals surface area contributed by atoms with Crippen molar-refractivity contribution in [2.75, 3.05) is 31.2 Å². The number of piperazine rings is 1. The fourth-order valence-electron chi connectivity index (χ4n) is 3.81. The number of hydrogen-bond acceptors (Lipinski definition) is 5. The molecule has 2 aromatic carbocycles. The molecule has 1 atom stereocenters. The zero-order valence-corrected chi connectivity index (χ0v) is 17.8. The van der Waals surface area contributed by atoms with Crippen LogP contribution in [0.1, 0.15) is 16.8 Å². The molecule has 0 spiro atoms. The van der Waals surface area contributed by atoms with E-state index >= 15 is 0 Å². The second-order valence-corrected chi connectivity index (χ2v) is 7.96. The Bertz CT molecular complexity index is 1090.